The van der Waals surface area contributed by atoms with Crippen molar-refractivity contribution in [3.8, 4) is 0 Å². The molecule has 0 spiro atoms. The van der Waals surface area contributed by atoms with Gasteiger partial charge < -0.3 is 15.5 Å². The third-order valence-electron chi connectivity index (χ3n) is 4.99. The summed E-state index contributed by atoms with van der Waals surface area (Å²) >= 11 is 0. The summed E-state index contributed by atoms with van der Waals surface area (Å²) in [6, 6.07) is 12.9. The van der Waals surface area contributed by atoms with Crippen LogP contribution in [0.5, 0.6) is 0 Å². The molecule has 2 aromatic carbocycles. The van der Waals surface area contributed by atoms with Gasteiger partial charge in [0.05, 0.1) is 44.2 Å². The number of nitrogens with zero attached hydrogens (tertiary/aromatic N) is 1. The fourth-order valence-corrected chi connectivity index (χ4v) is 4.79. The van der Waals surface area contributed by atoms with Crippen LogP contribution < -0.4 is 15.5 Å². The molecule has 1 aliphatic rings. The predicted octanol–water partition coefficient (Wildman–Crippen LogP) is -1.41. The Kier molecular flexibility index (Phi) is 6.28. The smallest absolute Gasteiger partial charge is 0.309 e. The molecule has 1 saturated heterocycles. The van der Waals surface area contributed by atoms with Crippen molar-refractivity contribution in [1.29, 1.82) is 0 Å². The number of amides is 2. The Bertz CT molecular complexity index is 969. The van der Waals surface area contributed by atoms with Crippen molar-refractivity contribution in [2.75, 3.05) is 46.3 Å². The third-order valence-corrected chi connectivity index (χ3v) is 6.88. The Morgan fingerprint density at radius 1 is 1.04 bits per heavy atom. The van der Waals surface area contributed by atoms with Crippen LogP contribution in [0.3, 0.4) is 0 Å². The molecule has 3 N–H and O–H groups in total. The van der Waals surface area contributed by atoms with Gasteiger partial charge in [-0.25, -0.2) is 8.42 Å². The topological polar surface area (TPSA) is 100 Å². The standard InChI is InChI=1S/C19H24N4O4S/c1-20-18(24)19(25)21-8-9-22-10-12-23(13-11-22)28(26,27)17-7-6-15-4-2-3-5-16(15)14-17/h2-7,14H,8-13H2,1H3,(H,20,24)(H,21,25)/p+1. The van der Waals surface area contributed by atoms with Crippen LogP contribution in [-0.4, -0.2) is 70.9 Å². The number of carbonyl (C=O) groups is 2. The fourth-order valence-electron chi connectivity index (χ4n) is 3.32. The highest BCUT2D eigenvalue weighted by molar-refractivity contribution is 7.89. The molecular formula is C19H25N4O4S+. The lowest BCUT2D eigenvalue weighted by molar-refractivity contribution is -0.902. The zero-order chi connectivity index (χ0) is 20.1. The molecule has 3 rings (SSSR count). The number of piperazine rings is 1. The van der Waals surface area contributed by atoms with Crippen molar-refractivity contribution >= 4 is 32.6 Å². The zero-order valence-corrected chi connectivity index (χ0v) is 16.6. The maximum Gasteiger partial charge on any atom is 0.309 e. The maximum absolute atomic E-state index is 13.0. The van der Waals surface area contributed by atoms with E-state index in [1.54, 1.807) is 12.1 Å². The van der Waals surface area contributed by atoms with E-state index in [9.17, 15) is 18.0 Å². The number of benzene rings is 2. The highest BCUT2D eigenvalue weighted by Gasteiger charge is 2.30. The second-order valence-electron chi connectivity index (χ2n) is 6.75. The number of sulfonamides is 1. The highest BCUT2D eigenvalue weighted by atomic mass is 32.2. The first-order valence-corrected chi connectivity index (χ1v) is 10.7. The van der Waals surface area contributed by atoms with Crippen molar-refractivity contribution < 1.29 is 22.9 Å². The van der Waals surface area contributed by atoms with E-state index in [-0.39, 0.29) is 0 Å². The molecule has 2 aromatic rings. The molecule has 0 bridgehead atoms. The van der Waals surface area contributed by atoms with Crippen molar-refractivity contribution in [1.82, 2.24) is 14.9 Å². The number of carbonyl (C=O) groups excluding carboxylic acids is 2. The van der Waals surface area contributed by atoms with E-state index >= 15 is 0 Å². The average Bonchev–Trinajstić information content (AvgIpc) is 2.73. The van der Waals surface area contributed by atoms with Gasteiger partial charge in [0.1, 0.15) is 0 Å². The Labute approximate surface area is 164 Å². The van der Waals surface area contributed by atoms with E-state index in [1.165, 1.54) is 16.3 Å². The summed E-state index contributed by atoms with van der Waals surface area (Å²) in [4.78, 5) is 24.1. The van der Waals surface area contributed by atoms with Crippen molar-refractivity contribution in [2.24, 2.45) is 0 Å². The summed E-state index contributed by atoms with van der Waals surface area (Å²) in [6.45, 7) is 3.18. The SMILES string of the molecule is CNC(=O)C(=O)NCC[NH+]1CCN(S(=O)(=O)c2ccc3ccccc3c2)CC1. The molecule has 150 valence electrons. The Morgan fingerprint density at radius 2 is 1.71 bits per heavy atom. The number of fused-ring (bicyclic) bond motifs is 1. The normalized spacial score (nSPS) is 16.0. The van der Waals surface area contributed by atoms with E-state index < -0.39 is 21.8 Å². The maximum atomic E-state index is 13.0. The number of quaternary nitrogens is 1. The minimum absolute atomic E-state index is 0.312. The summed E-state index contributed by atoms with van der Waals surface area (Å²) in [5.74, 6) is -1.32. The van der Waals surface area contributed by atoms with Crippen LogP contribution >= 0.6 is 0 Å². The lowest BCUT2D eigenvalue weighted by atomic mass is 10.1. The van der Waals surface area contributed by atoms with E-state index in [0.29, 0.717) is 44.2 Å². The van der Waals surface area contributed by atoms with E-state index in [2.05, 4.69) is 10.6 Å². The van der Waals surface area contributed by atoms with E-state index in [0.717, 1.165) is 10.8 Å². The van der Waals surface area contributed by atoms with Gasteiger partial charge in [0, 0.05) is 7.05 Å². The summed E-state index contributed by atoms with van der Waals surface area (Å²) in [6.07, 6.45) is 0. The first-order valence-electron chi connectivity index (χ1n) is 9.24. The van der Waals surface area contributed by atoms with Gasteiger partial charge in [-0.05, 0) is 22.9 Å². The summed E-state index contributed by atoms with van der Waals surface area (Å²) < 4.78 is 27.4. The van der Waals surface area contributed by atoms with Crippen LogP contribution in [0.2, 0.25) is 0 Å². The minimum Gasteiger partial charge on any atom is -0.351 e. The van der Waals surface area contributed by atoms with Gasteiger partial charge in [-0.3, -0.25) is 9.59 Å². The van der Waals surface area contributed by atoms with Gasteiger partial charge in [-0.2, -0.15) is 4.31 Å². The number of nitrogens with one attached hydrogen (secondary N) is 3. The third kappa shape index (κ3) is 4.49. The van der Waals surface area contributed by atoms with Crippen LogP contribution in [0.15, 0.2) is 47.4 Å². The number of rotatable bonds is 5. The molecule has 1 fully saturated rings. The van der Waals surface area contributed by atoms with Crippen LogP contribution in [0.1, 0.15) is 0 Å². The number of hydrogen-bond acceptors (Lipinski definition) is 4. The quantitative estimate of drug-likeness (QED) is 0.532. The van der Waals surface area contributed by atoms with Crippen LogP contribution in [0, 0.1) is 0 Å². The molecule has 0 aromatic heterocycles. The van der Waals surface area contributed by atoms with Gasteiger partial charge in [0.25, 0.3) is 0 Å². The monoisotopic (exact) mass is 405 g/mol. The molecule has 0 unspecified atom stereocenters. The summed E-state index contributed by atoms with van der Waals surface area (Å²) in [7, 11) is -2.12. The molecule has 0 saturated carbocycles. The first-order chi connectivity index (χ1) is 13.4. The Balaban J connectivity index is 1.56. The first kappa shape index (κ1) is 20.2. The number of hydrogen-bond donors (Lipinski definition) is 3. The fraction of sp³-hybridized carbons (Fsp3) is 0.368. The molecule has 1 aliphatic heterocycles. The largest absolute Gasteiger partial charge is 0.351 e. The Hall–Kier alpha value is -2.49. The van der Waals surface area contributed by atoms with Gasteiger partial charge in [0.2, 0.25) is 10.0 Å². The summed E-state index contributed by atoms with van der Waals surface area (Å²) in [5, 5.41) is 6.74. The molecular weight excluding hydrogens is 380 g/mol. The minimum atomic E-state index is -3.53. The van der Waals surface area contributed by atoms with Crippen molar-refractivity contribution in [3.05, 3.63) is 42.5 Å². The van der Waals surface area contributed by atoms with Gasteiger partial charge >= 0.3 is 11.8 Å². The lowest BCUT2D eigenvalue weighted by Gasteiger charge is -2.31. The van der Waals surface area contributed by atoms with Crippen LogP contribution in [-0.2, 0) is 19.6 Å². The highest BCUT2D eigenvalue weighted by Crippen LogP contribution is 2.21. The Morgan fingerprint density at radius 3 is 2.39 bits per heavy atom. The zero-order valence-electron chi connectivity index (χ0n) is 15.8. The molecule has 8 nitrogen and oxygen atoms in total. The van der Waals surface area contributed by atoms with Crippen molar-refractivity contribution in [3.63, 3.8) is 0 Å². The summed E-state index contributed by atoms with van der Waals surface area (Å²) in [5.41, 5.74) is 0. The van der Waals surface area contributed by atoms with Crippen LogP contribution in [0.25, 0.3) is 10.8 Å². The molecule has 28 heavy (non-hydrogen) atoms. The number of likely N-dealkylation sites (N-methyl/N-ethyl adjacent to an activating group) is 1. The van der Waals surface area contributed by atoms with Crippen LogP contribution in [0.4, 0.5) is 0 Å². The van der Waals surface area contributed by atoms with Crippen molar-refractivity contribution in [2.45, 2.75) is 4.90 Å². The van der Waals surface area contributed by atoms with Gasteiger partial charge in [-0.15, -0.1) is 0 Å². The molecule has 9 heteroatoms. The predicted molar refractivity (Wildman–Crippen MR) is 105 cm³/mol. The van der Waals surface area contributed by atoms with Gasteiger partial charge in [0.15, 0.2) is 0 Å². The average molecular weight is 406 g/mol. The van der Waals surface area contributed by atoms with E-state index in [1.807, 2.05) is 30.3 Å². The second kappa shape index (κ2) is 8.68. The van der Waals surface area contributed by atoms with E-state index in [4.69, 9.17) is 0 Å². The molecule has 0 atom stereocenters. The molecule has 0 aliphatic carbocycles. The molecule has 1 heterocycles. The second-order valence-corrected chi connectivity index (χ2v) is 8.69. The molecule has 2 amide bonds. The molecule has 0 radical (unpaired) electrons. The lowest BCUT2D eigenvalue weighted by Crippen LogP contribution is -3.15. The van der Waals surface area contributed by atoms with Gasteiger partial charge in [-0.1, -0.05) is 30.3 Å².